The predicted octanol–water partition coefficient (Wildman–Crippen LogP) is 4.87. The summed E-state index contributed by atoms with van der Waals surface area (Å²) in [6, 6.07) is 15.0. The molecule has 2 aromatic carbocycles. The van der Waals surface area contributed by atoms with E-state index in [-0.39, 0.29) is 17.9 Å². The fraction of sp³-hybridized carbons (Fsp3) is 0.0952. The van der Waals surface area contributed by atoms with Crippen molar-refractivity contribution < 1.29 is 14.5 Å². The van der Waals surface area contributed by atoms with Crippen LogP contribution in [-0.2, 0) is 4.74 Å². The molecule has 0 unspecified atom stereocenters. The topological polar surface area (TPSA) is 118 Å². The molecule has 0 saturated heterocycles. The molecular weight excluding hydrogens is 404 g/mol. The molecule has 30 heavy (non-hydrogen) atoms. The number of nitro groups is 1. The molecule has 0 fully saturated rings. The van der Waals surface area contributed by atoms with Crippen molar-refractivity contribution in [3.05, 3.63) is 80.8 Å². The van der Waals surface area contributed by atoms with Gasteiger partial charge in [-0.2, -0.15) is 5.26 Å². The second kappa shape index (κ2) is 9.45. The summed E-state index contributed by atoms with van der Waals surface area (Å²) in [6.45, 7) is 1.98. The maximum Gasteiger partial charge on any atom is 0.340 e. The lowest BCUT2D eigenvalue weighted by Crippen LogP contribution is -2.07. The minimum absolute atomic E-state index is 0.0321. The summed E-state index contributed by atoms with van der Waals surface area (Å²) >= 11 is 1.24. The number of para-hydroxylation sites is 1. The fourth-order valence-electron chi connectivity index (χ4n) is 2.60. The molecule has 0 atom stereocenters. The first-order valence-corrected chi connectivity index (χ1v) is 9.75. The highest BCUT2D eigenvalue weighted by atomic mass is 32.1. The molecule has 0 aliphatic carbocycles. The monoisotopic (exact) mass is 420 g/mol. The van der Waals surface area contributed by atoms with Gasteiger partial charge in [0.2, 0.25) is 0 Å². The van der Waals surface area contributed by atoms with Crippen LogP contribution in [0.2, 0.25) is 0 Å². The highest BCUT2D eigenvalue weighted by Crippen LogP contribution is 2.28. The molecule has 0 spiro atoms. The van der Waals surface area contributed by atoms with Crippen LogP contribution < -0.4 is 5.32 Å². The third kappa shape index (κ3) is 4.68. The van der Waals surface area contributed by atoms with Crippen molar-refractivity contribution in [1.82, 2.24) is 4.98 Å². The summed E-state index contributed by atoms with van der Waals surface area (Å²) in [6.07, 6.45) is 1.47. The van der Waals surface area contributed by atoms with Crippen LogP contribution in [0.5, 0.6) is 0 Å². The minimum atomic E-state index is -0.470. The van der Waals surface area contributed by atoms with E-state index < -0.39 is 10.9 Å². The molecule has 8 nitrogen and oxygen atoms in total. The second-order valence-corrected chi connectivity index (χ2v) is 6.78. The van der Waals surface area contributed by atoms with Crippen LogP contribution in [0.4, 0.5) is 11.4 Å². The lowest BCUT2D eigenvalue weighted by Gasteiger charge is -2.08. The molecule has 150 valence electrons. The molecule has 0 bridgehead atoms. The number of benzene rings is 2. The number of hydrogen-bond donors (Lipinski definition) is 1. The van der Waals surface area contributed by atoms with Crippen molar-refractivity contribution in [2.75, 3.05) is 11.9 Å². The molecule has 1 N–H and O–H groups in total. The van der Waals surface area contributed by atoms with Crippen molar-refractivity contribution in [3.63, 3.8) is 0 Å². The molecule has 0 aliphatic rings. The van der Waals surface area contributed by atoms with E-state index in [0.717, 1.165) is 0 Å². The van der Waals surface area contributed by atoms with E-state index in [1.165, 1.54) is 29.7 Å². The van der Waals surface area contributed by atoms with E-state index in [2.05, 4.69) is 16.4 Å². The van der Waals surface area contributed by atoms with Crippen LogP contribution in [0.3, 0.4) is 0 Å². The van der Waals surface area contributed by atoms with E-state index in [9.17, 15) is 20.2 Å². The zero-order valence-electron chi connectivity index (χ0n) is 15.9. The van der Waals surface area contributed by atoms with E-state index in [0.29, 0.717) is 27.5 Å². The Bertz CT molecular complexity index is 1160. The summed E-state index contributed by atoms with van der Waals surface area (Å²) in [4.78, 5) is 27.0. The largest absolute Gasteiger partial charge is 0.462 e. The third-order valence-electron chi connectivity index (χ3n) is 4.00. The highest BCUT2D eigenvalue weighted by Gasteiger charge is 2.14. The maximum absolute atomic E-state index is 12.1. The molecule has 3 rings (SSSR count). The van der Waals surface area contributed by atoms with Gasteiger partial charge in [0.1, 0.15) is 16.6 Å². The number of anilines is 1. The van der Waals surface area contributed by atoms with Gasteiger partial charge in [0.15, 0.2) is 0 Å². The zero-order valence-corrected chi connectivity index (χ0v) is 16.7. The number of aromatic nitrogens is 1. The average Bonchev–Trinajstić information content (AvgIpc) is 3.25. The number of nitrogens with zero attached hydrogens (tertiary/aromatic N) is 3. The molecule has 0 aliphatic heterocycles. The quantitative estimate of drug-likeness (QED) is 0.251. The number of carbonyl (C=O) groups excluding carboxylic acids is 1. The van der Waals surface area contributed by atoms with E-state index in [1.807, 2.05) is 0 Å². The smallest absolute Gasteiger partial charge is 0.340 e. The Morgan fingerprint density at radius 2 is 2.13 bits per heavy atom. The zero-order chi connectivity index (χ0) is 21.5. The molecule has 0 radical (unpaired) electrons. The van der Waals surface area contributed by atoms with Crippen molar-refractivity contribution in [2.24, 2.45) is 0 Å². The number of nitrogens with one attached hydrogen (secondary N) is 1. The molecular formula is C21H16N4O4S. The van der Waals surface area contributed by atoms with Gasteiger partial charge < -0.3 is 10.1 Å². The number of carbonyl (C=O) groups is 1. The lowest BCUT2D eigenvalue weighted by molar-refractivity contribution is -0.384. The minimum Gasteiger partial charge on any atom is -0.462 e. The molecule has 1 aromatic heterocycles. The van der Waals surface area contributed by atoms with Gasteiger partial charge in [-0.15, -0.1) is 11.3 Å². The highest BCUT2D eigenvalue weighted by molar-refractivity contribution is 7.11. The summed E-state index contributed by atoms with van der Waals surface area (Å²) in [5.74, 6) is -0.463. The number of nitriles is 1. The number of hydrogen-bond acceptors (Lipinski definition) is 8. The second-order valence-electron chi connectivity index (χ2n) is 5.93. The number of rotatable bonds is 7. The van der Waals surface area contributed by atoms with Crippen LogP contribution in [0.1, 0.15) is 22.3 Å². The Labute approximate surface area is 176 Å². The van der Waals surface area contributed by atoms with Crippen molar-refractivity contribution in [3.8, 4) is 17.3 Å². The molecule has 9 heteroatoms. The van der Waals surface area contributed by atoms with E-state index >= 15 is 0 Å². The SMILES string of the molecule is CCOC(=O)c1ccccc1NC=C(C#N)c1nc(-c2cccc([N+](=O)[O-])c2)cs1. The van der Waals surface area contributed by atoms with Gasteiger partial charge in [-0.25, -0.2) is 9.78 Å². The number of esters is 1. The Balaban J connectivity index is 1.86. The van der Waals surface area contributed by atoms with Gasteiger partial charge in [0.05, 0.1) is 28.5 Å². The van der Waals surface area contributed by atoms with Crippen molar-refractivity contribution in [1.29, 1.82) is 5.26 Å². The fourth-order valence-corrected chi connectivity index (χ4v) is 3.39. The van der Waals surface area contributed by atoms with Gasteiger partial charge in [0, 0.05) is 29.3 Å². The van der Waals surface area contributed by atoms with Gasteiger partial charge >= 0.3 is 5.97 Å². The van der Waals surface area contributed by atoms with Crippen molar-refractivity contribution >= 4 is 34.3 Å². The molecule has 1 heterocycles. The maximum atomic E-state index is 12.1. The molecule has 0 saturated carbocycles. The number of allylic oxidation sites excluding steroid dienone is 1. The Kier molecular flexibility index (Phi) is 6.52. The van der Waals surface area contributed by atoms with Crippen LogP contribution >= 0.6 is 11.3 Å². The summed E-state index contributed by atoms with van der Waals surface area (Å²) in [7, 11) is 0. The van der Waals surface area contributed by atoms with Crippen LogP contribution in [0, 0.1) is 21.4 Å². The van der Waals surface area contributed by atoms with Gasteiger partial charge in [-0.3, -0.25) is 10.1 Å². The predicted molar refractivity (Wildman–Crippen MR) is 114 cm³/mol. The Hall–Kier alpha value is -4.03. The van der Waals surface area contributed by atoms with Crippen LogP contribution in [0.25, 0.3) is 16.8 Å². The van der Waals surface area contributed by atoms with Crippen LogP contribution in [0.15, 0.2) is 60.1 Å². The normalized spacial score (nSPS) is 10.9. The van der Waals surface area contributed by atoms with E-state index in [1.54, 1.807) is 48.7 Å². The number of non-ortho nitro benzene ring substituents is 1. The average molecular weight is 420 g/mol. The first-order valence-electron chi connectivity index (χ1n) is 8.87. The lowest BCUT2D eigenvalue weighted by atomic mass is 10.1. The summed E-state index contributed by atoms with van der Waals surface area (Å²) in [5, 5.41) is 25.7. The summed E-state index contributed by atoms with van der Waals surface area (Å²) < 4.78 is 5.04. The molecule has 3 aromatic rings. The number of thiazole rings is 1. The van der Waals surface area contributed by atoms with Crippen LogP contribution in [-0.4, -0.2) is 22.5 Å². The number of nitro benzene ring substituents is 1. The Morgan fingerprint density at radius 3 is 2.87 bits per heavy atom. The van der Waals surface area contributed by atoms with Gasteiger partial charge in [-0.1, -0.05) is 24.3 Å². The standard InChI is InChI=1S/C21H16N4O4S/c1-2-29-21(26)17-8-3-4-9-18(17)23-12-15(11-22)20-24-19(13-30-20)14-6-5-7-16(10-14)25(27)28/h3-10,12-13,23H,2H2,1H3. The van der Waals surface area contributed by atoms with Crippen molar-refractivity contribution in [2.45, 2.75) is 6.92 Å². The molecule has 0 amide bonds. The number of ether oxygens (including phenoxy) is 1. The van der Waals surface area contributed by atoms with Gasteiger partial charge in [-0.05, 0) is 19.1 Å². The van der Waals surface area contributed by atoms with E-state index in [4.69, 9.17) is 4.74 Å². The summed E-state index contributed by atoms with van der Waals surface area (Å²) in [5.41, 5.74) is 2.20. The third-order valence-corrected chi connectivity index (χ3v) is 4.88. The first kappa shape index (κ1) is 20.7. The first-order chi connectivity index (χ1) is 14.5. The Morgan fingerprint density at radius 1 is 1.33 bits per heavy atom. The van der Waals surface area contributed by atoms with Gasteiger partial charge in [0.25, 0.3) is 5.69 Å².